The van der Waals surface area contributed by atoms with Crippen LogP contribution in [0.2, 0.25) is 0 Å². The molecule has 1 amide bonds. The predicted octanol–water partition coefficient (Wildman–Crippen LogP) is 1.94. The van der Waals surface area contributed by atoms with Gasteiger partial charge in [0.1, 0.15) is 5.69 Å². The quantitative estimate of drug-likeness (QED) is 0.938. The summed E-state index contributed by atoms with van der Waals surface area (Å²) >= 11 is 0. The lowest BCUT2D eigenvalue weighted by Gasteiger charge is -2.19. The number of hydrogen-bond acceptors (Lipinski definition) is 3. The molecule has 0 radical (unpaired) electrons. The van der Waals surface area contributed by atoms with Gasteiger partial charge in [-0.1, -0.05) is 12.1 Å². The molecule has 2 atom stereocenters. The summed E-state index contributed by atoms with van der Waals surface area (Å²) in [5, 5.41) is 4.24. The fraction of sp³-hybridized carbons (Fsp3) is 0.500. The molecule has 23 heavy (non-hydrogen) atoms. The van der Waals surface area contributed by atoms with Crippen LogP contribution in [-0.2, 0) is 11.8 Å². The van der Waals surface area contributed by atoms with Crippen LogP contribution in [-0.4, -0.2) is 54.3 Å². The number of carbonyl (C=O) groups excluding carboxylic acids is 1. The Kier molecular flexibility index (Phi) is 4.41. The van der Waals surface area contributed by atoms with Crippen LogP contribution in [0.3, 0.4) is 0 Å². The number of fused-ring (bicyclic) bond motifs is 1. The van der Waals surface area contributed by atoms with E-state index in [2.05, 4.69) is 42.4 Å². The van der Waals surface area contributed by atoms with Crippen molar-refractivity contribution in [3.63, 3.8) is 0 Å². The van der Waals surface area contributed by atoms with Gasteiger partial charge in [-0.3, -0.25) is 4.79 Å². The van der Waals surface area contributed by atoms with Crippen molar-refractivity contribution in [2.24, 2.45) is 7.05 Å². The van der Waals surface area contributed by atoms with Gasteiger partial charge in [0.25, 0.3) is 5.91 Å². The van der Waals surface area contributed by atoms with Crippen molar-refractivity contribution in [1.29, 1.82) is 0 Å². The molecule has 1 saturated heterocycles. The number of hydrogen-bond donors (Lipinski definition) is 1. The molecular formula is C18H25N3O2. The molecule has 0 bridgehead atoms. The summed E-state index contributed by atoms with van der Waals surface area (Å²) in [4.78, 5) is 14.9. The second kappa shape index (κ2) is 6.34. The maximum absolute atomic E-state index is 12.7. The molecule has 1 aromatic heterocycles. The van der Waals surface area contributed by atoms with E-state index in [4.69, 9.17) is 4.74 Å². The van der Waals surface area contributed by atoms with Crippen LogP contribution in [0.15, 0.2) is 24.3 Å². The van der Waals surface area contributed by atoms with E-state index in [1.165, 1.54) is 5.56 Å². The van der Waals surface area contributed by atoms with Gasteiger partial charge in [-0.25, -0.2) is 0 Å². The maximum Gasteiger partial charge on any atom is 0.268 e. The molecule has 5 nitrogen and oxygen atoms in total. The van der Waals surface area contributed by atoms with Crippen molar-refractivity contribution in [2.45, 2.75) is 26.0 Å². The van der Waals surface area contributed by atoms with Crippen molar-refractivity contribution in [1.82, 2.24) is 14.8 Å². The zero-order chi connectivity index (χ0) is 16.6. The molecule has 0 unspecified atom stereocenters. The fourth-order valence-electron chi connectivity index (χ4n) is 3.38. The average molecular weight is 315 g/mol. The second-order valence-electron chi connectivity index (χ2n) is 6.45. The first kappa shape index (κ1) is 16.0. The number of rotatable bonds is 4. The van der Waals surface area contributed by atoms with Crippen molar-refractivity contribution < 1.29 is 9.53 Å². The zero-order valence-corrected chi connectivity index (χ0v) is 14.3. The van der Waals surface area contributed by atoms with Gasteiger partial charge < -0.3 is 19.5 Å². The molecule has 124 valence electrons. The number of ether oxygens (including phenoxy) is 1. The Hall–Kier alpha value is -1.85. The van der Waals surface area contributed by atoms with Crippen LogP contribution in [0.25, 0.3) is 10.9 Å². The largest absolute Gasteiger partial charge is 0.375 e. The Morgan fingerprint density at radius 2 is 2.09 bits per heavy atom. The van der Waals surface area contributed by atoms with E-state index in [0.717, 1.165) is 24.0 Å². The standard InChI is InChI=1S/C18H25N3O2/c1-5-23-17-11-20(3)10-14(17)19-18(22)16-9-13-7-6-12(2)8-15(13)21(16)4/h6-9,14,17H,5,10-11H2,1-4H3,(H,19,22)/t14-,17-/m1/s1. The summed E-state index contributed by atoms with van der Waals surface area (Å²) in [5.41, 5.74) is 2.97. The summed E-state index contributed by atoms with van der Waals surface area (Å²) in [6.07, 6.45) is 0.0610. The van der Waals surface area contributed by atoms with E-state index >= 15 is 0 Å². The number of amides is 1. The highest BCUT2D eigenvalue weighted by Crippen LogP contribution is 2.21. The predicted molar refractivity (Wildman–Crippen MR) is 91.8 cm³/mol. The number of nitrogens with zero attached hydrogens (tertiary/aromatic N) is 2. The summed E-state index contributed by atoms with van der Waals surface area (Å²) in [6.45, 7) is 6.39. The van der Waals surface area contributed by atoms with Crippen LogP contribution < -0.4 is 5.32 Å². The highest BCUT2D eigenvalue weighted by Gasteiger charge is 2.33. The monoisotopic (exact) mass is 315 g/mol. The Balaban J connectivity index is 1.82. The molecule has 0 aliphatic carbocycles. The lowest BCUT2D eigenvalue weighted by atomic mass is 10.2. The molecule has 1 fully saturated rings. The first-order valence-corrected chi connectivity index (χ1v) is 8.16. The third-order valence-corrected chi connectivity index (χ3v) is 4.58. The molecule has 0 saturated carbocycles. The molecule has 3 rings (SSSR count). The molecule has 5 heteroatoms. The third kappa shape index (κ3) is 3.12. The van der Waals surface area contributed by atoms with Crippen molar-refractivity contribution in [3.05, 3.63) is 35.5 Å². The highest BCUT2D eigenvalue weighted by atomic mass is 16.5. The molecule has 2 aromatic rings. The Labute approximate surface area is 137 Å². The average Bonchev–Trinajstić information content (AvgIpc) is 3.00. The van der Waals surface area contributed by atoms with Gasteiger partial charge in [0.05, 0.1) is 12.1 Å². The van der Waals surface area contributed by atoms with Crippen LogP contribution in [0.5, 0.6) is 0 Å². The number of aromatic nitrogens is 1. The topological polar surface area (TPSA) is 46.5 Å². The number of likely N-dealkylation sites (tertiary alicyclic amines) is 1. The first-order chi connectivity index (χ1) is 11.0. The van der Waals surface area contributed by atoms with Crippen molar-refractivity contribution >= 4 is 16.8 Å². The van der Waals surface area contributed by atoms with Gasteiger partial charge in [0, 0.05) is 37.6 Å². The van der Waals surface area contributed by atoms with E-state index in [9.17, 15) is 4.79 Å². The molecule has 0 spiro atoms. The van der Waals surface area contributed by atoms with E-state index in [0.29, 0.717) is 12.3 Å². The van der Waals surface area contributed by atoms with E-state index < -0.39 is 0 Å². The molecular weight excluding hydrogens is 290 g/mol. The SMILES string of the molecule is CCO[C@@H]1CN(C)C[C@H]1NC(=O)c1cc2ccc(C)cc2n1C. The number of likely N-dealkylation sites (N-methyl/N-ethyl adjacent to an activating group) is 1. The Morgan fingerprint density at radius 3 is 2.83 bits per heavy atom. The van der Waals surface area contributed by atoms with Crippen LogP contribution in [0, 0.1) is 6.92 Å². The summed E-state index contributed by atoms with van der Waals surface area (Å²) in [6, 6.07) is 8.23. The van der Waals surface area contributed by atoms with Gasteiger partial charge in [0.15, 0.2) is 0 Å². The molecule has 1 N–H and O–H groups in total. The zero-order valence-electron chi connectivity index (χ0n) is 14.3. The van der Waals surface area contributed by atoms with Gasteiger partial charge in [-0.2, -0.15) is 0 Å². The van der Waals surface area contributed by atoms with Crippen LogP contribution in [0.1, 0.15) is 23.0 Å². The summed E-state index contributed by atoms with van der Waals surface area (Å²) < 4.78 is 7.73. The van der Waals surface area contributed by atoms with Gasteiger partial charge >= 0.3 is 0 Å². The molecule has 1 aliphatic heterocycles. The molecule has 1 aromatic carbocycles. The first-order valence-electron chi connectivity index (χ1n) is 8.16. The number of carbonyl (C=O) groups is 1. The van der Waals surface area contributed by atoms with Crippen LogP contribution in [0.4, 0.5) is 0 Å². The minimum absolute atomic E-state index is 0.0344. The highest BCUT2D eigenvalue weighted by molar-refractivity contribution is 5.99. The van der Waals surface area contributed by atoms with Crippen molar-refractivity contribution in [3.8, 4) is 0 Å². The number of nitrogens with one attached hydrogen (secondary N) is 1. The smallest absolute Gasteiger partial charge is 0.268 e. The minimum Gasteiger partial charge on any atom is -0.375 e. The number of benzene rings is 1. The second-order valence-corrected chi connectivity index (χ2v) is 6.45. The van der Waals surface area contributed by atoms with Gasteiger partial charge in [-0.15, -0.1) is 0 Å². The summed E-state index contributed by atoms with van der Waals surface area (Å²) in [7, 11) is 4.00. The lowest BCUT2D eigenvalue weighted by Crippen LogP contribution is -2.44. The summed E-state index contributed by atoms with van der Waals surface area (Å²) in [5.74, 6) is -0.0358. The van der Waals surface area contributed by atoms with Crippen molar-refractivity contribution in [2.75, 3.05) is 26.7 Å². The lowest BCUT2D eigenvalue weighted by molar-refractivity contribution is 0.0511. The molecule has 1 aliphatic rings. The molecule has 2 heterocycles. The Bertz CT molecular complexity index is 722. The maximum atomic E-state index is 12.7. The van der Waals surface area contributed by atoms with E-state index in [-0.39, 0.29) is 18.1 Å². The van der Waals surface area contributed by atoms with Gasteiger partial charge in [0.2, 0.25) is 0 Å². The van der Waals surface area contributed by atoms with Gasteiger partial charge in [-0.05, 0) is 38.6 Å². The normalized spacial score (nSPS) is 21.9. The van der Waals surface area contributed by atoms with E-state index in [1.54, 1.807) is 0 Å². The van der Waals surface area contributed by atoms with Crippen LogP contribution >= 0.6 is 0 Å². The fourth-order valence-corrected chi connectivity index (χ4v) is 3.38. The number of aryl methyl sites for hydroxylation is 2. The minimum atomic E-state index is -0.0358. The Morgan fingerprint density at radius 1 is 1.30 bits per heavy atom. The van der Waals surface area contributed by atoms with E-state index in [1.807, 2.05) is 24.6 Å². The third-order valence-electron chi connectivity index (χ3n) is 4.58.